The molecule has 0 aliphatic heterocycles. The first-order valence-electron chi connectivity index (χ1n) is 4.72. The predicted molar refractivity (Wildman–Crippen MR) is 52.6 cm³/mol. The van der Waals surface area contributed by atoms with Gasteiger partial charge < -0.3 is 15.2 Å². The second kappa shape index (κ2) is 5.38. The van der Waals surface area contributed by atoms with Crippen molar-refractivity contribution in [1.29, 1.82) is 0 Å². The van der Waals surface area contributed by atoms with Gasteiger partial charge >= 0.3 is 6.36 Å². The van der Waals surface area contributed by atoms with E-state index in [0.717, 1.165) is 25.3 Å². The fraction of sp³-hybridized carbons (Fsp3) is 0.400. The molecule has 1 aromatic carbocycles. The third kappa shape index (κ3) is 3.73. The Bertz CT molecular complexity index is 408. The highest BCUT2D eigenvalue weighted by molar-refractivity contribution is 5.42. The molecule has 0 aliphatic carbocycles. The second-order valence-electron chi connectivity index (χ2n) is 3.31. The maximum Gasteiger partial charge on any atom is 0.573 e. The maximum atomic E-state index is 12.4. The zero-order chi connectivity index (χ0) is 13.9. The van der Waals surface area contributed by atoms with Crippen molar-refractivity contribution in [2.24, 2.45) is 5.73 Å². The molecule has 0 amide bonds. The minimum Gasteiger partial charge on any atom is -0.496 e. The van der Waals surface area contributed by atoms with Gasteiger partial charge in [-0.2, -0.15) is 0 Å². The number of benzene rings is 1. The van der Waals surface area contributed by atoms with Gasteiger partial charge in [-0.1, -0.05) is 0 Å². The van der Waals surface area contributed by atoms with Crippen LogP contribution in [-0.2, 0) is 0 Å². The summed E-state index contributed by atoms with van der Waals surface area (Å²) >= 11 is 0. The Hall–Kier alpha value is -1.57. The summed E-state index contributed by atoms with van der Waals surface area (Å²) in [6.45, 7) is 0. The Morgan fingerprint density at radius 2 is 1.83 bits per heavy atom. The smallest absolute Gasteiger partial charge is 0.496 e. The normalized spacial score (nSPS) is 13.6. The van der Waals surface area contributed by atoms with Crippen LogP contribution in [0.25, 0.3) is 0 Å². The van der Waals surface area contributed by atoms with Crippen LogP contribution in [0.5, 0.6) is 11.5 Å². The summed E-state index contributed by atoms with van der Waals surface area (Å²) in [7, 11) is 1.13. The Morgan fingerprint density at radius 1 is 1.22 bits per heavy atom. The number of hydrogen-bond donors (Lipinski definition) is 1. The molecule has 0 aromatic heterocycles. The van der Waals surface area contributed by atoms with Crippen molar-refractivity contribution in [3.8, 4) is 11.5 Å². The lowest BCUT2D eigenvalue weighted by Gasteiger charge is -2.16. The molecule has 102 valence electrons. The average molecular weight is 271 g/mol. The highest BCUT2D eigenvalue weighted by Gasteiger charge is 2.31. The van der Waals surface area contributed by atoms with Crippen molar-refractivity contribution in [3.05, 3.63) is 23.8 Å². The third-order valence-electron chi connectivity index (χ3n) is 2.07. The predicted octanol–water partition coefficient (Wildman–Crippen LogP) is 2.86. The van der Waals surface area contributed by atoms with Crippen LogP contribution in [0.1, 0.15) is 11.6 Å². The summed E-state index contributed by atoms with van der Waals surface area (Å²) in [5.74, 6) is -0.755. The summed E-state index contributed by atoms with van der Waals surface area (Å²) in [5.41, 5.74) is 5.10. The largest absolute Gasteiger partial charge is 0.573 e. The summed E-state index contributed by atoms with van der Waals surface area (Å²) in [5, 5.41) is 0. The number of alkyl halides is 5. The molecule has 0 fully saturated rings. The van der Waals surface area contributed by atoms with Crippen LogP contribution < -0.4 is 15.2 Å². The molecule has 0 aliphatic rings. The highest BCUT2D eigenvalue weighted by Crippen LogP contribution is 2.33. The molecule has 0 bridgehead atoms. The highest BCUT2D eigenvalue weighted by atomic mass is 19.4. The molecule has 3 nitrogen and oxygen atoms in total. The van der Waals surface area contributed by atoms with Crippen molar-refractivity contribution in [1.82, 2.24) is 0 Å². The minimum absolute atomic E-state index is 0.0953. The van der Waals surface area contributed by atoms with E-state index >= 15 is 0 Å². The van der Waals surface area contributed by atoms with E-state index in [1.54, 1.807) is 0 Å². The van der Waals surface area contributed by atoms with Crippen LogP contribution in [-0.4, -0.2) is 19.9 Å². The van der Waals surface area contributed by atoms with Crippen molar-refractivity contribution >= 4 is 0 Å². The molecule has 1 atom stereocenters. The lowest BCUT2D eigenvalue weighted by atomic mass is 10.1. The van der Waals surface area contributed by atoms with Gasteiger partial charge in [0.15, 0.2) is 0 Å². The molecule has 1 aromatic rings. The van der Waals surface area contributed by atoms with E-state index in [2.05, 4.69) is 4.74 Å². The van der Waals surface area contributed by atoms with E-state index in [9.17, 15) is 22.0 Å². The SMILES string of the molecule is COc1cc(OC(F)(F)F)ccc1[C@@H](N)C(F)F. The fourth-order valence-electron chi connectivity index (χ4n) is 1.30. The summed E-state index contributed by atoms with van der Waals surface area (Å²) in [6, 6.07) is 1.12. The molecule has 0 spiro atoms. The Labute approximate surface area is 99.3 Å². The van der Waals surface area contributed by atoms with Gasteiger partial charge in [-0.3, -0.25) is 0 Å². The molecular weight excluding hydrogens is 261 g/mol. The van der Waals surface area contributed by atoms with E-state index in [1.807, 2.05) is 0 Å². The molecule has 0 saturated heterocycles. The average Bonchev–Trinajstić information content (AvgIpc) is 2.25. The lowest BCUT2D eigenvalue weighted by molar-refractivity contribution is -0.274. The maximum absolute atomic E-state index is 12.4. The lowest BCUT2D eigenvalue weighted by Crippen LogP contribution is -2.20. The molecule has 0 unspecified atom stereocenters. The topological polar surface area (TPSA) is 44.5 Å². The quantitative estimate of drug-likeness (QED) is 0.856. The van der Waals surface area contributed by atoms with Gasteiger partial charge in [0.05, 0.1) is 13.2 Å². The van der Waals surface area contributed by atoms with Crippen molar-refractivity contribution < 1.29 is 31.4 Å². The number of hydrogen-bond acceptors (Lipinski definition) is 3. The molecule has 2 N–H and O–H groups in total. The molecular formula is C10H10F5NO2. The van der Waals surface area contributed by atoms with E-state index in [1.165, 1.54) is 0 Å². The van der Waals surface area contributed by atoms with Gasteiger partial charge in [-0.25, -0.2) is 8.78 Å². The minimum atomic E-state index is -4.86. The number of nitrogens with two attached hydrogens (primary N) is 1. The summed E-state index contributed by atoms with van der Waals surface area (Å²) in [6.07, 6.45) is -7.72. The van der Waals surface area contributed by atoms with Gasteiger partial charge in [-0.05, 0) is 12.1 Å². The third-order valence-corrected chi connectivity index (χ3v) is 2.07. The van der Waals surface area contributed by atoms with Crippen LogP contribution in [0, 0.1) is 0 Å². The van der Waals surface area contributed by atoms with E-state index < -0.39 is 24.6 Å². The van der Waals surface area contributed by atoms with Gasteiger partial charge in [-0.15, -0.1) is 13.2 Å². The van der Waals surface area contributed by atoms with E-state index in [4.69, 9.17) is 10.5 Å². The van der Waals surface area contributed by atoms with Crippen LogP contribution in [0.2, 0.25) is 0 Å². The first-order chi connectivity index (χ1) is 8.24. The molecule has 18 heavy (non-hydrogen) atoms. The number of ether oxygens (including phenoxy) is 2. The standard InChI is InChI=1S/C10H10F5NO2/c1-17-7-4-5(18-10(13,14)15)2-3-6(7)8(16)9(11)12/h2-4,8-9H,16H2,1H3/t8-/m1/s1. The fourth-order valence-corrected chi connectivity index (χ4v) is 1.30. The molecule has 0 radical (unpaired) electrons. The Kier molecular flexibility index (Phi) is 4.33. The Balaban J connectivity index is 3.04. The van der Waals surface area contributed by atoms with Gasteiger partial charge in [0, 0.05) is 11.6 Å². The zero-order valence-corrected chi connectivity index (χ0v) is 9.17. The van der Waals surface area contributed by atoms with Crippen molar-refractivity contribution in [3.63, 3.8) is 0 Å². The first-order valence-corrected chi connectivity index (χ1v) is 4.72. The van der Waals surface area contributed by atoms with Crippen LogP contribution in [0.4, 0.5) is 22.0 Å². The van der Waals surface area contributed by atoms with Crippen LogP contribution in [0.3, 0.4) is 0 Å². The van der Waals surface area contributed by atoms with Crippen LogP contribution >= 0.6 is 0 Å². The monoisotopic (exact) mass is 271 g/mol. The van der Waals surface area contributed by atoms with Crippen molar-refractivity contribution in [2.45, 2.75) is 18.8 Å². The van der Waals surface area contributed by atoms with Crippen molar-refractivity contribution in [2.75, 3.05) is 7.11 Å². The van der Waals surface area contributed by atoms with Gasteiger partial charge in [0.2, 0.25) is 0 Å². The second-order valence-corrected chi connectivity index (χ2v) is 3.31. The van der Waals surface area contributed by atoms with Gasteiger partial charge in [0.1, 0.15) is 11.5 Å². The zero-order valence-electron chi connectivity index (χ0n) is 9.17. The first kappa shape index (κ1) is 14.5. The van der Waals surface area contributed by atoms with Crippen LogP contribution in [0.15, 0.2) is 18.2 Å². The number of halogens is 5. The summed E-state index contributed by atoms with van der Waals surface area (Å²) in [4.78, 5) is 0. The van der Waals surface area contributed by atoms with E-state index in [0.29, 0.717) is 0 Å². The Morgan fingerprint density at radius 3 is 2.28 bits per heavy atom. The molecule has 1 rings (SSSR count). The molecule has 0 heterocycles. The number of rotatable bonds is 4. The number of methoxy groups -OCH3 is 1. The summed E-state index contributed by atoms with van der Waals surface area (Å²) < 4.78 is 69.0. The molecule has 0 saturated carbocycles. The van der Waals surface area contributed by atoms with E-state index in [-0.39, 0.29) is 11.3 Å². The molecule has 8 heteroatoms. The van der Waals surface area contributed by atoms with Gasteiger partial charge in [0.25, 0.3) is 6.43 Å².